The minimum atomic E-state index is -0.842. The molecule has 4 rings (SSSR count). The van der Waals surface area contributed by atoms with Gasteiger partial charge in [-0.1, -0.05) is 47.5 Å². The van der Waals surface area contributed by atoms with E-state index in [0.717, 1.165) is 10.5 Å². The Morgan fingerprint density at radius 2 is 1.71 bits per heavy atom. The van der Waals surface area contributed by atoms with Gasteiger partial charge in [0, 0.05) is 10.0 Å². The number of urea groups is 1. The van der Waals surface area contributed by atoms with Crippen LogP contribution in [0, 0.1) is 6.92 Å². The Morgan fingerprint density at radius 3 is 2.43 bits per heavy atom. The Labute approximate surface area is 211 Å². The van der Waals surface area contributed by atoms with Gasteiger partial charge in [0.1, 0.15) is 12.2 Å². The van der Waals surface area contributed by atoms with Crippen molar-refractivity contribution in [3.8, 4) is 11.5 Å². The molecule has 35 heavy (non-hydrogen) atoms. The molecule has 0 saturated carbocycles. The van der Waals surface area contributed by atoms with Crippen molar-refractivity contribution in [2.45, 2.75) is 13.5 Å². The molecule has 0 aliphatic carbocycles. The SMILES string of the molecule is COc1cc(/C=C2\C(=O)NC(=O)N(c3cccc(Cl)c3C)C2=O)ccc1OCc1ccc(Cl)cc1. The zero-order chi connectivity index (χ0) is 25.1. The second kappa shape index (κ2) is 10.2. The predicted octanol–water partition coefficient (Wildman–Crippen LogP) is 5.56. The molecule has 1 saturated heterocycles. The maximum Gasteiger partial charge on any atom is 0.335 e. The van der Waals surface area contributed by atoms with E-state index in [2.05, 4.69) is 5.32 Å². The molecule has 0 atom stereocenters. The summed E-state index contributed by atoms with van der Waals surface area (Å²) in [5, 5.41) is 3.24. The summed E-state index contributed by atoms with van der Waals surface area (Å²) in [6, 6.07) is 16.3. The third-order valence-corrected chi connectivity index (χ3v) is 6.05. The van der Waals surface area contributed by atoms with E-state index < -0.39 is 17.8 Å². The molecule has 178 valence electrons. The summed E-state index contributed by atoms with van der Waals surface area (Å²) in [6.45, 7) is 1.98. The van der Waals surface area contributed by atoms with E-state index in [0.29, 0.717) is 45.0 Å². The standard InChI is InChI=1S/C26H20Cl2N2O5/c1-15-20(28)4-3-5-21(15)30-25(32)19(24(31)29-26(30)33)12-17-8-11-22(23(13-17)34-2)35-14-16-6-9-18(27)10-7-16/h3-13H,14H2,1-2H3,(H,29,31,33)/b19-12+. The Balaban J connectivity index is 1.61. The molecular weight excluding hydrogens is 491 g/mol. The minimum Gasteiger partial charge on any atom is -0.493 e. The second-order valence-corrected chi connectivity index (χ2v) is 8.51. The fraction of sp³-hybridized carbons (Fsp3) is 0.115. The van der Waals surface area contributed by atoms with E-state index in [4.69, 9.17) is 32.7 Å². The number of nitrogens with zero attached hydrogens (tertiary/aromatic N) is 1. The average molecular weight is 511 g/mol. The van der Waals surface area contributed by atoms with Crippen molar-refractivity contribution >= 4 is 52.8 Å². The molecule has 1 aliphatic heterocycles. The molecule has 0 bridgehead atoms. The first-order valence-electron chi connectivity index (χ1n) is 10.5. The van der Waals surface area contributed by atoms with Gasteiger partial charge in [-0.15, -0.1) is 0 Å². The lowest BCUT2D eigenvalue weighted by Crippen LogP contribution is -2.54. The van der Waals surface area contributed by atoms with E-state index in [1.165, 1.54) is 13.2 Å². The van der Waals surface area contributed by atoms with Gasteiger partial charge in [0.25, 0.3) is 11.8 Å². The zero-order valence-electron chi connectivity index (χ0n) is 18.8. The van der Waals surface area contributed by atoms with Crippen molar-refractivity contribution in [1.82, 2.24) is 5.32 Å². The molecule has 0 spiro atoms. The Hall–Kier alpha value is -3.81. The normalized spacial score (nSPS) is 14.8. The smallest absolute Gasteiger partial charge is 0.335 e. The quantitative estimate of drug-likeness (QED) is 0.346. The number of hydrogen-bond acceptors (Lipinski definition) is 5. The number of benzene rings is 3. The maximum atomic E-state index is 13.2. The van der Waals surface area contributed by atoms with Gasteiger partial charge < -0.3 is 9.47 Å². The van der Waals surface area contributed by atoms with Gasteiger partial charge in [-0.2, -0.15) is 0 Å². The van der Waals surface area contributed by atoms with Crippen LogP contribution in [0.3, 0.4) is 0 Å². The van der Waals surface area contributed by atoms with Crippen LogP contribution in [0.25, 0.3) is 6.08 Å². The van der Waals surface area contributed by atoms with Crippen molar-refractivity contribution in [2.75, 3.05) is 12.0 Å². The number of amides is 4. The molecule has 4 amide bonds. The summed E-state index contributed by atoms with van der Waals surface area (Å²) in [4.78, 5) is 39.1. The number of barbiturate groups is 1. The second-order valence-electron chi connectivity index (χ2n) is 7.67. The van der Waals surface area contributed by atoms with Gasteiger partial charge in [0.15, 0.2) is 11.5 Å². The summed E-state index contributed by atoms with van der Waals surface area (Å²) in [5.74, 6) is -0.657. The van der Waals surface area contributed by atoms with Gasteiger partial charge in [-0.3, -0.25) is 14.9 Å². The third kappa shape index (κ3) is 5.16. The van der Waals surface area contributed by atoms with Gasteiger partial charge in [-0.05, 0) is 66.1 Å². The number of nitrogens with one attached hydrogen (secondary N) is 1. The summed E-state index contributed by atoms with van der Waals surface area (Å²) in [7, 11) is 1.49. The molecule has 1 fully saturated rings. The first-order chi connectivity index (χ1) is 16.8. The van der Waals surface area contributed by atoms with Gasteiger partial charge >= 0.3 is 6.03 Å². The van der Waals surface area contributed by atoms with Gasteiger partial charge in [0.05, 0.1) is 12.8 Å². The highest BCUT2D eigenvalue weighted by molar-refractivity contribution is 6.40. The largest absolute Gasteiger partial charge is 0.493 e. The number of carbonyl (C=O) groups is 3. The Morgan fingerprint density at radius 1 is 0.971 bits per heavy atom. The number of carbonyl (C=O) groups excluding carboxylic acids is 3. The molecule has 3 aromatic carbocycles. The van der Waals surface area contributed by atoms with E-state index in [9.17, 15) is 14.4 Å². The van der Waals surface area contributed by atoms with Crippen LogP contribution in [-0.4, -0.2) is 25.0 Å². The molecule has 0 aromatic heterocycles. The summed E-state index contributed by atoms with van der Waals surface area (Å²) in [6.07, 6.45) is 1.39. The molecule has 1 heterocycles. The molecule has 0 unspecified atom stereocenters. The van der Waals surface area contributed by atoms with Crippen LogP contribution in [0.5, 0.6) is 11.5 Å². The van der Waals surface area contributed by atoms with Crippen LogP contribution in [0.15, 0.2) is 66.2 Å². The zero-order valence-corrected chi connectivity index (χ0v) is 20.3. The highest BCUT2D eigenvalue weighted by Crippen LogP contribution is 2.32. The maximum absolute atomic E-state index is 13.2. The minimum absolute atomic E-state index is 0.208. The molecule has 1 aliphatic rings. The predicted molar refractivity (Wildman–Crippen MR) is 134 cm³/mol. The Kier molecular flexibility index (Phi) is 7.10. The number of imide groups is 2. The van der Waals surface area contributed by atoms with Crippen LogP contribution in [-0.2, 0) is 16.2 Å². The fourth-order valence-corrected chi connectivity index (χ4v) is 3.81. The highest BCUT2D eigenvalue weighted by Gasteiger charge is 2.37. The van der Waals surface area contributed by atoms with Crippen molar-refractivity contribution in [2.24, 2.45) is 0 Å². The number of anilines is 1. The van der Waals surface area contributed by atoms with Crippen LogP contribution in [0.4, 0.5) is 10.5 Å². The van der Waals surface area contributed by atoms with Crippen LogP contribution < -0.4 is 19.7 Å². The fourth-order valence-electron chi connectivity index (χ4n) is 3.52. The summed E-state index contributed by atoms with van der Waals surface area (Å²) in [5.41, 5.74) is 2.06. The Bertz CT molecular complexity index is 1350. The van der Waals surface area contributed by atoms with Crippen LogP contribution >= 0.6 is 23.2 Å². The number of hydrogen-bond donors (Lipinski definition) is 1. The number of methoxy groups -OCH3 is 1. The molecule has 7 nitrogen and oxygen atoms in total. The van der Waals surface area contributed by atoms with Gasteiger partial charge in [-0.25, -0.2) is 9.69 Å². The van der Waals surface area contributed by atoms with E-state index in [1.807, 2.05) is 12.1 Å². The summed E-state index contributed by atoms with van der Waals surface area (Å²) >= 11 is 12.1. The van der Waals surface area contributed by atoms with Crippen molar-refractivity contribution in [1.29, 1.82) is 0 Å². The van der Waals surface area contributed by atoms with E-state index >= 15 is 0 Å². The van der Waals surface area contributed by atoms with Crippen LogP contribution in [0.2, 0.25) is 10.0 Å². The lowest BCUT2D eigenvalue weighted by Gasteiger charge is -2.27. The number of ether oxygens (including phenoxy) is 2. The topological polar surface area (TPSA) is 84.9 Å². The van der Waals surface area contributed by atoms with Gasteiger partial charge in [0.2, 0.25) is 0 Å². The number of halogens is 2. The summed E-state index contributed by atoms with van der Waals surface area (Å²) < 4.78 is 11.3. The van der Waals surface area contributed by atoms with Crippen molar-refractivity contribution in [3.63, 3.8) is 0 Å². The monoisotopic (exact) mass is 510 g/mol. The lowest BCUT2D eigenvalue weighted by atomic mass is 10.1. The van der Waals surface area contributed by atoms with Crippen molar-refractivity contribution < 1.29 is 23.9 Å². The number of rotatable bonds is 6. The molecule has 9 heteroatoms. The van der Waals surface area contributed by atoms with E-state index in [1.54, 1.807) is 55.5 Å². The highest BCUT2D eigenvalue weighted by atomic mass is 35.5. The first kappa shape index (κ1) is 24.3. The lowest BCUT2D eigenvalue weighted by molar-refractivity contribution is -0.122. The molecule has 1 N–H and O–H groups in total. The molecule has 0 radical (unpaired) electrons. The first-order valence-corrected chi connectivity index (χ1v) is 11.3. The van der Waals surface area contributed by atoms with Crippen molar-refractivity contribution in [3.05, 3.63) is 93.0 Å². The molecule has 3 aromatic rings. The average Bonchev–Trinajstić information content (AvgIpc) is 2.84. The molecular formula is C26H20Cl2N2O5. The van der Waals surface area contributed by atoms with Crippen LogP contribution in [0.1, 0.15) is 16.7 Å². The third-order valence-electron chi connectivity index (χ3n) is 5.39. The van der Waals surface area contributed by atoms with E-state index in [-0.39, 0.29) is 5.57 Å².